The first-order chi connectivity index (χ1) is 8.49. The van der Waals surface area contributed by atoms with Crippen LogP contribution in [0.5, 0.6) is 0 Å². The van der Waals surface area contributed by atoms with E-state index in [9.17, 15) is 12.8 Å². The Morgan fingerprint density at radius 3 is 2.89 bits per heavy atom. The van der Waals surface area contributed by atoms with E-state index >= 15 is 0 Å². The average molecular weight is 337 g/mol. The molecular formula is C11H14BrFN2O2S. The molecule has 1 aromatic carbocycles. The van der Waals surface area contributed by atoms with Crippen molar-refractivity contribution in [2.45, 2.75) is 23.8 Å². The van der Waals surface area contributed by atoms with Crippen LogP contribution in [0.2, 0.25) is 0 Å². The largest absolute Gasteiger partial charge is 0.313 e. The Hall–Kier alpha value is -0.500. The lowest BCUT2D eigenvalue weighted by Gasteiger charge is -2.12. The van der Waals surface area contributed by atoms with Gasteiger partial charge < -0.3 is 5.32 Å². The van der Waals surface area contributed by atoms with Crippen LogP contribution in [-0.4, -0.2) is 27.5 Å². The van der Waals surface area contributed by atoms with Crippen LogP contribution in [-0.2, 0) is 10.0 Å². The molecule has 100 valence electrons. The second-order valence-corrected chi connectivity index (χ2v) is 6.84. The molecule has 0 spiro atoms. The van der Waals surface area contributed by atoms with Crippen molar-refractivity contribution < 1.29 is 12.8 Å². The number of nitrogens with one attached hydrogen (secondary N) is 2. The molecule has 0 saturated carbocycles. The van der Waals surface area contributed by atoms with Crippen molar-refractivity contribution in [3.8, 4) is 0 Å². The Morgan fingerprint density at radius 2 is 2.28 bits per heavy atom. The summed E-state index contributed by atoms with van der Waals surface area (Å²) in [4.78, 5) is -0.0544. The van der Waals surface area contributed by atoms with Gasteiger partial charge in [0.15, 0.2) is 0 Å². The van der Waals surface area contributed by atoms with Crippen LogP contribution in [0.3, 0.4) is 0 Å². The zero-order valence-electron chi connectivity index (χ0n) is 9.62. The third kappa shape index (κ3) is 3.28. The molecule has 0 bridgehead atoms. The zero-order valence-corrected chi connectivity index (χ0v) is 12.0. The maximum absolute atomic E-state index is 13.3. The third-order valence-corrected chi connectivity index (χ3v) is 4.95. The number of benzene rings is 1. The van der Waals surface area contributed by atoms with Crippen molar-refractivity contribution >= 4 is 26.0 Å². The van der Waals surface area contributed by atoms with Crippen molar-refractivity contribution in [3.63, 3.8) is 0 Å². The number of halogens is 2. The zero-order chi connectivity index (χ0) is 13.2. The second kappa shape index (κ2) is 5.64. The maximum atomic E-state index is 13.3. The van der Waals surface area contributed by atoms with Gasteiger partial charge in [-0.1, -0.05) is 0 Å². The predicted octanol–water partition coefficient (Wildman–Crippen LogP) is 1.62. The fourth-order valence-electron chi connectivity index (χ4n) is 1.87. The van der Waals surface area contributed by atoms with Crippen LogP contribution in [0.1, 0.15) is 12.8 Å². The SMILES string of the molecule is O=S(=O)(NCC1CCCN1)c1ccc(Br)c(F)c1. The predicted molar refractivity (Wildman–Crippen MR) is 70.3 cm³/mol. The fourth-order valence-corrected chi connectivity index (χ4v) is 3.21. The highest BCUT2D eigenvalue weighted by Gasteiger charge is 2.19. The Kier molecular flexibility index (Phi) is 4.37. The minimum Gasteiger partial charge on any atom is -0.313 e. The molecule has 2 N–H and O–H groups in total. The summed E-state index contributed by atoms with van der Waals surface area (Å²) in [5, 5.41) is 3.19. The van der Waals surface area contributed by atoms with Gasteiger partial charge in [-0.15, -0.1) is 0 Å². The van der Waals surface area contributed by atoms with Gasteiger partial charge in [0.25, 0.3) is 0 Å². The number of sulfonamides is 1. The molecule has 7 heteroatoms. The van der Waals surface area contributed by atoms with E-state index in [1.807, 2.05) is 0 Å². The quantitative estimate of drug-likeness (QED) is 0.878. The standard InChI is InChI=1S/C11H14BrFN2O2S/c12-10-4-3-9(6-11(10)13)18(16,17)15-7-8-2-1-5-14-8/h3-4,6,8,14-15H,1-2,5,7H2. The summed E-state index contributed by atoms with van der Waals surface area (Å²) >= 11 is 2.99. The van der Waals surface area contributed by atoms with E-state index < -0.39 is 15.8 Å². The van der Waals surface area contributed by atoms with Gasteiger partial charge >= 0.3 is 0 Å². The van der Waals surface area contributed by atoms with Crippen LogP contribution >= 0.6 is 15.9 Å². The topological polar surface area (TPSA) is 58.2 Å². The van der Waals surface area contributed by atoms with E-state index in [4.69, 9.17) is 0 Å². The highest BCUT2D eigenvalue weighted by atomic mass is 79.9. The first-order valence-electron chi connectivity index (χ1n) is 5.67. The van der Waals surface area contributed by atoms with Gasteiger partial charge in [-0.2, -0.15) is 0 Å². The summed E-state index contributed by atoms with van der Waals surface area (Å²) in [6.07, 6.45) is 2.01. The first-order valence-corrected chi connectivity index (χ1v) is 7.95. The van der Waals surface area contributed by atoms with Crippen molar-refractivity contribution in [2.75, 3.05) is 13.1 Å². The van der Waals surface area contributed by atoms with Crippen LogP contribution in [0.25, 0.3) is 0 Å². The monoisotopic (exact) mass is 336 g/mol. The molecule has 0 amide bonds. The molecule has 1 aromatic rings. The summed E-state index contributed by atoms with van der Waals surface area (Å²) in [6.45, 7) is 1.25. The van der Waals surface area contributed by atoms with Crippen LogP contribution in [0.15, 0.2) is 27.6 Å². The Balaban J connectivity index is 2.07. The number of rotatable bonds is 4. The average Bonchev–Trinajstić information content (AvgIpc) is 2.83. The van der Waals surface area contributed by atoms with Crippen molar-refractivity contribution in [1.29, 1.82) is 0 Å². The molecule has 4 nitrogen and oxygen atoms in total. The smallest absolute Gasteiger partial charge is 0.240 e. The van der Waals surface area contributed by atoms with Gasteiger partial charge in [0.05, 0.1) is 9.37 Å². The van der Waals surface area contributed by atoms with Crippen molar-refractivity contribution in [2.24, 2.45) is 0 Å². The lowest BCUT2D eigenvalue weighted by molar-refractivity contribution is 0.550. The molecule has 18 heavy (non-hydrogen) atoms. The van der Waals surface area contributed by atoms with E-state index in [0.717, 1.165) is 25.5 Å². The lowest BCUT2D eigenvalue weighted by Crippen LogP contribution is -2.37. The van der Waals surface area contributed by atoms with E-state index in [2.05, 4.69) is 26.0 Å². The molecule has 0 aromatic heterocycles. The van der Waals surface area contributed by atoms with E-state index in [0.29, 0.717) is 6.54 Å². The van der Waals surface area contributed by atoms with Gasteiger partial charge in [0.2, 0.25) is 10.0 Å². The molecule has 0 radical (unpaired) electrons. The summed E-state index contributed by atoms with van der Waals surface area (Å²) in [5.74, 6) is -0.586. The minimum absolute atomic E-state index is 0.0544. The van der Waals surface area contributed by atoms with Crippen LogP contribution in [0, 0.1) is 5.82 Å². The molecule has 1 fully saturated rings. The molecule has 1 heterocycles. The molecule has 1 saturated heterocycles. The molecule has 0 aliphatic carbocycles. The highest BCUT2D eigenvalue weighted by Crippen LogP contribution is 2.19. The van der Waals surface area contributed by atoms with Gasteiger partial charge in [0.1, 0.15) is 5.82 Å². The van der Waals surface area contributed by atoms with E-state index in [-0.39, 0.29) is 15.4 Å². The fraction of sp³-hybridized carbons (Fsp3) is 0.455. The minimum atomic E-state index is -3.64. The maximum Gasteiger partial charge on any atom is 0.240 e. The van der Waals surface area contributed by atoms with E-state index in [1.165, 1.54) is 12.1 Å². The normalized spacial score (nSPS) is 20.2. The van der Waals surface area contributed by atoms with Crippen LogP contribution in [0.4, 0.5) is 4.39 Å². The van der Waals surface area contributed by atoms with Crippen LogP contribution < -0.4 is 10.0 Å². The lowest BCUT2D eigenvalue weighted by atomic mass is 10.2. The molecule has 1 unspecified atom stereocenters. The van der Waals surface area contributed by atoms with Crippen molar-refractivity contribution in [1.82, 2.24) is 10.0 Å². The first kappa shape index (κ1) is 13.9. The summed E-state index contributed by atoms with van der Waals surface area (Å²) < 4.78 is 39.9. The third-order valence-electron chi connectivity index (χ3n) is 2.88. The molecule has 1 atom stereocenters. The van der Waals surface area contributed by atoms with Crippen molar-refractivity contribution in [3.05, 3.63) is 28.5 Å². The Bertz CT molecular complexity index is 530. The summed E-state index contributed by atoms with van der Waals surface area (Å²) in [5.41, 5.74) is 0. The summed E-state index contributed by atoms with van der Waals surface area (Å²) in [6, 6.07) is 3.93. The number of hydrogen-bond acceptors (Lipinski definition) is 3. The van der Waals surface area contributed by atoms with E-state index in [1.54, 1.807) is 0 Å². The molecule has 1 aliphatic rings. The molecule has 1 aliphatic heterocycles. The highest BCUT2D eigenvalue weighted by molar-refractivity contribution is 9.10. The summed E-state index contributed by atoms with van der Waals surface area (Å²) in [7, 11) is -3.64. The van der Waals surface area contributed by atoms with Gasteiger partial charge in [0, 0.05) is 12.6 Å². The molecular weight excluding hydrogens is 323 g/mol. The van der Waals surface area contributed by atoms with Gasteiger partial charge in [-0.3, -0.25) is 0 Å². The molecule has 2 rings (SSSR count). The number of hydrogen-bond donors (Lipinski definition) is 2. The Labute approximate surface area is 114 Å². The Morgan fingerprint density at radius 1 is 1.50 bits per heavy atom. The van der Waals surface area contributed by atoms with Gasteiger partial charge in [-0.25, -0.2) is 17.5 Å². The second-order valence-electron chi connectivity index (χ2n) is 4.22. The van der Waals surface area contributed by atoms with Gasteiger partial charge in [-0.05, 0) is 53.5 Å².